The molecule has 1 aromatic heterocycles. The van der Waals surface area contributed by atoms with Crippen LogP contribution in [0.3, 0.4) is 0 Å². The van der Waals surface area contributed by atoms with Gasteiger partial charge in [-0.25, -0.2) is 4.79 Å². The molecule has 0 fully saturated rings. The molecule has 1 aliphatic heterocycles. The molecule has 1 aliphatic rings. The Hall–Kier alpha value is -2.14. The number of halogens is 1. The highest BCUT2D eigenvalue weighted by Gasteiger charge is 2.21. The monoisotopic (exact) mass is 289 g/mol. The highest BCUT2D eigenvalue weighted by Crippen LogP contribution is 2.32. The molecule has 20 heavy (non-hydrogen) atoms. The lowest BCUT2D eigenvalue weighted by molar-refractivity contribution is 0.0696. The first kappa shape index (κ1) is 12.9. The lowest BCUT2D eigenvalue weighted by Gasteiger charge is -2.30. The zero-order valence-corrected chi connectivity index (χ0v) is 11.3. The van der Waals surface area contributed by atoms with Crippen molar-refractivity contribution in [2.24, 2.45) is 0 Å². The van der Waals surface area contributed by atoms with Gasteiger partial charge in [0.15, 0.2) is 11.0 Å². The second-order valence-electron chi connectivity index (χ2n) is 4.60. The van der Waals surface area contributed by atoms with Gasteiger partial charge >= 0.3 is 5.97 Å². The molecule has 0 saturated heterocycles. The summed E-state index contributed by atoms with van der Waals surface area (Å²) in [5.41, 5.74) is 2.25. The van der Waals surface area contributed by atoms with Gasteiger partial charge in [0.1, 0.15) is 5.56 Å². The number of rotatable bonds is 2. The van der Waals surface area contributed by atoms with Crippen LogP contribution in [0.5, 0.6) is 0 Å². The molecule has 1 aromatic carbocycles. The molecule has 1 N–H and O–H groups in total. The quantitative estimate of drug-likeness (QED) is 0.921. The lowest BCUT2D eigenvalue weighted by atomic mass is 10.0. The zero-order chi connectivity index (χ0) is 14.1. The normalized spacial score (nSPS) is 13.9. The fourth-order valence-corrected chi connectivity index (χ4v) is 2.59. The number of carboxylic acid groups (broad SMARTS) is 1. The van der Waals surface area contributed by atoms with Crippen LogP contribution >= 0.6 is 11.6 Å². The Morgan fingerprint density at radius 3 is 2.90 bits per heavy atom. The molecule has 0 spiro atoms. The number of fused-ring (bicyclic) bond motifs is 1. The van der Waals surface area contributed by atoms with E-state index in [0.29, 0.717) is 5.82 Å². The van der Waals surface area contributed by atoms with Crippen LogP contribution in [-0.4, -0.2) is 27.8 Å². The molecule has 0 saturated carbocycles. The Morgan fingerprint density at radius 2 is 2.10 bits per heavy atom. The van der Waals surface area contributed by atoms with Crippen LogP contribution in [0.15, 0.2) is 30.3 Å². The maximum Gasteiger partial charge on any atom is 0.339 e. The van der Waals surface area contributed by atoms with Crippen LogP contribution in [0.1, 0.15) is 22.3 Å². The van der Waals surface area contributed by atoms with E-state index in [1.165, 1.54) is 11.6 Å². The number of benzene rings is 1. The van der Waals surface area contributed by atoms with Gasteiger partial charge in [-0.2, -0.15) is 0 Å². The first-order chi connectivity index (χ1) is 9.66. The molecular weight excluding hydrogens is 278 g/mol. The van der Waals surface area contributed by atoms with Gasteiger partial charge in [-0.3, -0.25) is 0 Å². The predicted octanol–water partition coefficient (Wildman–Crippen LogP) is 2.91. The summed E-state index contributed by atoms with van der Waals surface area (Å²) in [5.74, 6) is -0.588. The van der Waals surface area contributed by atoms with Gasteiger partial charge in [-0.1, -0.05) is 29.8 Å². The van der Waals surface area contributed by atoms with E-state index >= 15 is 0 Å². The number of para-hydroxylation sites is 1. The molecule has 0 bridgehead atoms. The fraction of sp³-hybridized carbons (Fsp3) is 0.214. The van der Waals surface area contributed by atoms with Crippen LogP contribution in [0.2, 0.25) is 5.15 Å². The molecule has 0 amide bonds. The van der Waals surface area contributed by atoms with E-state index in [2.05, 4.69) is 16.3 Å². The van der Waals surface area contributed by atoms with Crippen molar-refractivity contribution in [3.8, 4) is 0 Å². The van der Waals surface area contributed by atoms with Gasteiger partial charge in [0.2, 0.25) is 0 Å². The minimum absolute atomic E-state index is 0.0280. The standard InChI is InChI=1S/C14H12ClN3O2/c15-13-10(14(19)20)8-12(16-17-13)18-7-3-5-9-4-1-2-6-11(9)18/h1-2,4,6,8H,3,5,7H2,(H,19,20). The highest BCUT2D eigenvalue weighted by atomic mass is 35.5. The minimum Gasteiger partial charge on any atom is -0.478 e. The minimum atomic E-state index is -1.10. The topological polar surface area (TPSA) is 66.3 Å². The number of anilines is 2. The van der Waals surface area contributed by atoms with Crippen LogP contribution in [0, 0.1) is 0 Å². The summed E-state index contributed by atoms with van der Waals surface area (Å²) in [4.78, 5) is 13.1. The smallest absolute Gasteiger partial charge is 0.339 e. The van der Waals surface area contributed by atoms with Crippen molar-refractivity contribution in [2.45, 2.75) is 12.8 Å². The van der Waals surface area contributed by atoms with Crippen LogP contribution < -0.4 is 4.90 Å². The van der Waals surface area contributed by atoms with Crippen molar-refractivity contribution in [3.63, 3.8) is 0 Å². The summed E-state index contributed by atoms with van der Waals surface area (Å²) in [6.45, 7) is 0.784. The average Bonchev–Trinajstić information content (AvgIpc) is 2.47. The number of hydrogen-bond acceptors (Lipinski definition) is 4. The van der Waals surface area contributed by atoms with E-state index in [-0.39, 0.29) is 10.7 Å². The van der Waals surface area contributed by atoms with Crippen molar-refractivity contribution in [3.05, 3.63) is 46.6 Å². The third-order valence-corrected chi connectivity index (χ3v) is 3.63. The SMILES string of the molecule is O=C(O)c1cc(N2CCCc3ccccc32)nnc1Cl. The summed E-state index contributed by atoms with van der Waals surface area (Å²) in [5, 5.41) is 16.8. The molecular formula is C14H12ClN3O2. The predicted molar refractivity (Wildman–Crippen MR) is 75.8 cm³/mol. The second kappa shape index (κ2) is 5.09. The average molecular weight is 290 g/mol. The first-order valence-corrected chi connectivity index (χ1v) is 6.66. The molecule has 3 rings (SSSR count). The molecule has 0 radical (unpaired) electrons. The van der Waals surface area contributed by atoms with Crippen LogP contribution in [0.4, 0.5) is 11.5 Å². The Kier molecular flexibility index (Phi) is 3.28. The Balaban J connectivity index is 2.07. The highest BCUT2D eigenvalue weighted by molar-refractivity contribution is 6.32. The third kappa shape index (κ3) is 2.20. The van der Waals surface area contributed by atoms with E-state index in [0.717, 1.165) is 25.1 Å². The van der Waals surface area contributed by atoms with E-state index in [1.807, 2.05) is 23.1 Å². The van der Waals surface area contributed by atoms with Crippen LogP contribution in [-0.2, 0) is 6.42 Å². The van der Waals surface area contributed by atoms with Crippen molar-refractivity contribution in [2.75, 3.05) is 11.4 Å². The van der Waals surface area contributed by atoms with Crippen molar-refractivity contribution >= 4 is 29.1 Å². The summed E-state index contributed by atoms with van der Waals surface area (Å²) >= 11 is 5.76. The number of hydrogen-bond donors (Lipinski definition) is 1. The molecule has 0 unspecified atom stereocenters. The number of carboxylic acids is 1. The third-order valence-electron chi connectivity index (χ3n) is 3.35. The van der Waals surface area contributed by atoms with Gasteiger partial charge in [-0.05, 0) is 24.5 Å². The van der Waals surface area contributed by atoms with Gasteiger partial charge in [-0.15, -0.1) is 10.2 Å². The molecule has 6 heteroatoms. The number of aromatic nitrogens is 2. The van der Waals surface area contributed by atoms with Gasteiger partial charge in [0.25, 0.3) is 0 Å². The summed E-state index contributed by atoms with van der Waals surface area (Å²) in [6, 6.07) is 9.51. The van der Waals surface area contributed by atoms with Crippen LogP contribution in [0.25, 0.3) is 0 Å². The fourth-order valence-electron chi connectivity index (χ4n) is 2.42. The molecule has 5 nitrogen and oxygen atoms in total. The molecule has 0 aliphatic carbocycles. The number of nitrogens with zero attached hydrogens (tertiary/aromatic N) is 3. The van der Waals surface area contributed by atoms with E-state index in [9.17, 15) is 4.79 Å². The maximum absolute atomic E-state index is 11.1. The van der Waals surface area contributed by atoms with Crippen molar-refractivity contribution < 1.29 is 9.90 Å². The van der Waals surface area contributed by atoms with Gasteiger partial charge in [0, 0.05) is 18.3 Å². The number of aryl methyl sites for hydroxylation is 1. The Labute approximate surface area is 120 Å². The number of aromatic carboxylic acids is 1. The van der Waals surface area contributed by atoms with E-state index < -0.39 is 5.97 Å². The van der Waals surface area contributed by atoms with Crippen molar-refractivity contribution in [1.29, 1.82) is 0 Å². The summed E-state index contributed by atoms with van der Waals surface area (Å²) < 4.78 is 0. The first-order valence-electron chi connectivity index (χ1n) is 6.29. The molecule has 102 valence electrons. The van der Waals surface area contributed by atoms with Crippen molar-refractivity contribution in [1.82, 2.24) is 10.2 Å². The molecule has 2 aromatic rings. The maximum atomic E-state index is 11.1. The molecule has 0 atom stereocenters. The zero-order valence-electron chi connectivity index (χ0n) is 10.6. The van der Waals surface area contributed by atoms with Gasteiger partial charge in [0.05, 0.1) is 0 Å². The largest absolute Gasteiger partial charge is 0.478 e. The summed E-state index contributed by atoms with van der Waals surface area (Å²) in [6.07, 6.45) is 2.00. The Bertz CT molecular complexity index is 675. The molecule has 2 heterocycles. The van der Waals surface area contributed by atoms with Gasteiger partial charge < -0.3 is 10.0 Å². The lowest BCUT2D eigenvalue weighted by Crippen LogP contribution is -2.25. The summed E-state index contributed by atoms with van der Waals surface area (Å²) in [7, 11) is 0. The van der Waals surface area contributed by atoms with E-state index in [4.69, 9.17) is 16.7 Å². The second-order valence-corrected chi connectivity index (χ2v) is 4.95. The Morgan fingerprint density at radius 1 is 1.30 bits per heavy atom. The number of carbonyl (C=O) groups is 1. The van der Waals surface area contributed by atoms with E-state index in [1.54, 1.807) is 0 Å².